The Morgan fingerprint density at radius 3 is 2.79 bits per heavy atom. The number of nitrogens with zero attached hydrogens (tertiary/aromatic N) is 1. The Labute approximate surface area is 176 Å². The van der Waals surface area contributed by atoms with Crippen LogP contribution in [0, 0.1) is 0 Å². The van der Waals surface area contributed by atoms with E-state index in [0.29, 0.717) is 25.3 Å². The van der Waals surface area contributed by atoms with Crippen molar-refractivity contribution in [2.75, 3.05) is 13.2 Å². The average molecular weight is 452 g/mol. The number of unbranched alkanes of at least 4 members (excludes halogenated alkanes) is 2. The highest BCUT2D eigenvalue weighted by Gasteiger charge is 2.35. The molecule has 5 nitrogen and oxygen atoms in total. The molecule has 1 heterocycles. The molecule has 1 aromatic rings. The third-order valence-electron chi connectivity index (χ3n) is 4.45. The Morgan fingerprint density at radius 2 is 2.11 bits per heavy atom. The molecule has 0 bridgehead atoms. The first-order valence-electron chi connectivity index (χ1n) is 9.75. The number of hydrogen-bond acceptors (Lipinski definition) is 4. The zero-order valence-electron chi connectivity index (χ0n) is 17.0. The van der Waals surface area contributed by atoms with Gasteiger partial charge >= 0.3 is 6.09 Å². The van der Waals surface area contributed by atoms with Crippen LogP contribution < -0.4 is 4.74 Å². The van der Waals surface area contributed by atoms with Crippen molar-refractivity contribution in [1.82, 2.24) is 4.90 Å². The number of allylic oxidation sites excluding steroid dienone is 1. The predicted molar refractivity (Wildman–Crippen MR) is 114 cm³/mol. The number of hydrogen-bond donors (Lipinski definition) is 0. The Hall–Kier alpha value is -1.82. The summed E-state index contributed by atoms with van der Waals surface area (Å²) < 4.78 is 12.5. The average Bonchev–Trinajstić information content (AvgIpc) is 2.60. The molecular weight excluding hydrogens is 422 g/mol. The summed E-state index contributed by atoms with van der Waals surface area (Å²) in [5, 5.41) is 0. The van der Waals surface area contributed by atoms with Crippen LogP contribution in [0.1, 0.15) is 64.5 Å². The number of rotatable bonds is 7. The van der Waals surface area contributed by atoms with Crippen LogP contribution in [0.3, 0.4) is 0 Å². The molecule has 1 amide bonds. The Kier molecular flexibility index (Phi) is 8.10. The van der Waals surface area contributed by atoms with Gasteiger partial charge in [0.25, 0.3) is 0 Å². The molecule has 6 heteroatoms. The molecule has 1 aliphatic heterocycles. The van der Waals surface area contributed by atoms with Crippen molar-refractivity contribution in [1.29, 1.82) is 0 Å². The van der Waals surface area contributed by atoms with Crippen LogP contribution in [0.2, 0.25) is 0 Å². The van der Waals surface area contributed by atoms with Crippen molar-refractivity contribution in [3.05, 3.63) is 40.9 Å². The fourth-order valence-corrected chi connectivity index (χ4v) is 3.47. The zero-order valence-corrected chi connectivity index (χ0v) is 18.6. The molecule has 1 saturated heterocycles. The molecule has 0 aromatic heterocycles. The number of amides is 1. The lowest BCUT2D eigenvalue weighted by atomic mass is 9.94. The number of ether oxygens (including phenoxy) is 2. The van der Waals surface area contributed by atoms with E-state index >= 15 is 0 Å². The molecule has 0 spiro atoms. The van der Waals surface area contributed by atoms with Gasteiger partial charge < -0.3 is 14.4 Å². The SMILES string of the molecule is C=CCCCCOc1cc(Br)ccc1[C@@H]1CC(=O)CCN1C(=O)OC(C)(C)C. The number of benzene rings is 1. The van der Waals surface area contributed by atoms with Crippen LogP contribution in [0.5, 0.6) is 5.75 Å². The van der Waals surface area contributed by atoms with Gasteiger partial charge in [0.2, 0.25) is 0 Å². The lowest BCUT2D eigenvalue weighted by molar-refractivity contribution is -0.123. The van der Waals surface area contributed by atoms with Crippen molar-refractivity contribution in [2.45, 2.75) is 64.5 Å². The predicted octanol–water partition coefficient (Wildman–Crippen LogP) is 5.83. The van der Waals surface area contributed by atoms with Crippen LogP contribution in [0.25, 0.3) is 0 Å². The van der Waals surface area contributed by atoms with E-state index in [0.717, 1.165) is 29.3 Å². The van der Waals surface area contributed by atoms with Crippen molar-refractivity contribution in [3.63, 3.8) is 0 Å². The summed E-state index contributed by atoms with van der Waals surface area (Å²) in [6, 6.07) is 5.35. The van der Waals surface area contributed by atoms with Gasteiger partial charge in [-0.15, -0.1) is 6.58 Å². The lowest BCUT2D eigenvalue weighted by Crippen LogP contribution is -2.44. The van der Waals surface area contributed by atoms with Gasteiger partial charge in [0.15, 0.2) is 0 Å². The fourth-order valence-electron chi connectivity index (χ4n) is 3.13. The summed E-state index contributed by atoms with van der Waals surface area (Å²) in [5.74, 6) is 0.839. The zero-order chi connectivity index (χ0) is 20.7. The lowest BCUT2D eigenvalue weighted by Gasteiger charge is -2.37. The maximum absolute atomic E-state index is 12.7. The maximum Gasteiger partial charge on any atom is 0.410 e. The van der Waals surface area contributed by atoms with E-state index in [1.807, 2.05) is 45.0 Å². The molecule has 1 fully saturated rings. The summed E-state index contributed by atoms with van der Waals surface area (Å²) >= 11 is 3.48. The second-order valence-electron chi connectivity index (χ2n) is 8.00. The van der Waals surface area contributed by atoms with Crippen LogP contribution in [0.15, 0.2) is 35.3 Å². The van der Waals surface area contributed by atoms with E-state index in [1.54, 1.807) is 4.90 Å². The summed E-state index contributed by atoms with van der Waals surface area (Å²) in [6.45, 7) is 10.2. The van der Waals surface area contributed by atoms with E-state index in [2.05, 4.69) is 22.5 Å². The van der Waals surface area contributed by atoms with Gasteiger partial charge in [-0.3, -0.25) is 4.79 Å². The molecule has 0 aliphatic carbocycles. The number of ketones is 1. The standard InChI is InChI=1S/C22H30BrNO4/c1-5-6-7-8-13-27-20-14-16(23)9-10-18(20)19-15-17(25)11-12-24(19)21(26)28-22(2,3)4/h5,9-10,14,19H,1,6-8,11-13,15H2,2-4H3/t19-/m0/s1. The van der Waals surface area contributed by atoms with Gasteiger partial charge in [0.1, 0.15) is 17.1 Å². The summed E-state index contributed by atoms with van der Waals surface area (Å²) in [7, 11) is 0. The first kappa shape index (κ1) is 22.5. The monoisotopic (exact) mass is 451 g/mol. The Balaban J connectivity index is 2.23. The van der Waals surface area contributed by atoms with E-state index in [-0.39, 0.29) is 18.2 Å². The second kappa shape index (κ2) is 10.1. The molecule has 154 valence electrons. The minimum Gasteiger partial charge on any atom is -0.493 e. The highest BCUT2D eigenvalue weighted by molar-refractivity contribution is 9.10. The Morgan fingerprint density at radius 1 is 1.36 bits per heavy atom. The van der Waals surface area contributed by atoms with Gasteiger partial charge in [-0.05, 0) is 52.2 Å². The van der Waals surface area contributed by atoms with Crippen molar-refractivity contribution >= 4 is 27.8 Å². The van der Waals surface area contributed by atoms with E-state index in [1.165, 1.54) is 0 Å². The number of halogens is 1. The summed E-state index contributed by atoms with van der Waals surface area (Å²) in [4.78, 5) is 26.6. The normalized spacial score (nSPS) is 17.4. The molecule has 0 N–H and O–H groups in total. The quantitative estimate of drug-likeness (QED) is 0.386. The molecule has 0 saturated carbocycles. The number of carbonyl (C=O) groups excluding carboxylic acids is 2. The van der Waals surface area contributed by atoms with Gasteiger partial charge in [0.05, 0.1) is 12.6 Å². The van der Waals surface area contributed by atoms with E-state index in [9.17, 15) is 9.59 Å². The third kappa shape index (κ3) is 6.66. The number of Topliss-reactive ketones (excluding diaryl/α,β-unsaturated/α-hetero) is 1. The first-order chi connectivity index (χ1) is 13.2. The van der Waals surface area contributed by atoms with Gasteiger partial charge in [-0.25, -0.2) is 4.79 Å². The highest BCUT2D eigenvalue weighted by atomic mass is 79.9. The molecule has 1 atom stereocenters. The van der Waals surface area contributed by atoms with Crippen LogP contribution >= 0.6 is 15.9 Å². The van der Waals surface area contributed by atoms with Crippen molar-refractivity contribution in [2.24, 2.45) is 0 Å². The molecule has 1 aliphatic rings. The smallest absolute Gasteiger partial charge is 0.410 e. The maximum atomic E-state index is 12.7. The summed E-state index contributed by atoms with van der Waals surface area (Å²) in [5.41, 5.74) is 0.249. The molecule has 1 aromatic carbocycles. The van der Waals surface area contributed by atoms with Gasteiger partial charge in [-0.2, -0.15) is 0 Å². The van der Waals surface area contributed by atoms with E-state index < -0.39 is 11.7 Å². The number of piperidine rings is 1. The molecule has 0 radical (unpaired) electrons. The van der Waals surface area contributed by atoms with Crippen molar-refractivity contribution in [3.8, 4) is 5.75 Å². The number of carbonyl (C=O) groups is 2. The number of likely N-dealkylation sites (tertiary alicyclic amines) is 1. The molecular formula is C22H30BrNO4. The molecule has 2 rings (SSSR count). The fraction of sp³-hybridized carbons (Fsp3) is 0.545. The van der Waals surface area contributed by atoms with Crippen LogP contribution in [0.4, 0.5) is 4.79 Å². The highest BCUT2D eigenvalue weighted by Crippen LogP contribution is 2.37. The second-order valence-corrected chi connectivity index (χ2v) is 8.91. The minimum absolute atomic E-state index is 0.143. The van der Waals surface area contributed by atoms with Crippen molar-refractivity contribution < 1.29 is 19.1 Å². The topological polar surface area (TPSA) is 55.8 Å². The largest absolute Gasteiger partial charge is 0.493 e. The molecule has 0 unspecified atom stereocenters. The van der Waals surface area contributed by atoms with Crippen LogP contribution in [-0.4, -0.2) is 35.5 Å². The van der Waals surface area contributed by atoms with Crippen LogP contribution in [-0.2, 0) is 9.53 Å². The summed E-state index contributed by atoms with van der Waals surface area (Å²) in [6.07, 6.45) is 5.01. The Bertz CT molecular complexity index is 711. The molecule has 28 heavy (non-hydrogen) atoms. The van der Waals surface area contributed by atoms with Gasteiger partial charge in [-0.1, -0.05) is 28.1 Å². The minimum atomic E-state index is -0.590. The third-order valence-corrected chi connectivity index (χ3v) is 4.94. The van der Waals surface area contributed by atoms with Gasteiger partial charge in [0, 0.05) is 29.4 Å². The van der Waals surface area contributed by atoms with E-state index in [4.69, 9.17) is 9.47 Å². The first-order valence-corrected chi connectivity index (χ1v) is 10.5.